The van der Waals surface area contributed by atoms with Crippen LogP contribution in [0.25, 0.3) is 0 Å². The van der Waals surface area contributed by atoms with Gasteiger partial charge in [0.1, 0.15) is 17.9 Å². The van der Waals surface area contributed by atoms with Gasteiger partial charge in [-0.05, 0) is 68.1 Å². The molecule has 0 aliphatic carbocycles. The maximum atomic E-state index is 14.0. The molecule has 252 valence electrons. The van der Waals surface area contributed by atoms with Crippen LogP contribution in [0.15, 0.2) is 59.0 Å². The molecule has 0 radical (unpaired) electrons. The number of carbonyl (C=O) groups is 3. The second-order valence-corrected chi connectivity index (χ2v) is 13.4. The molecule has 46 heavy (non-hydrogen) atoms. The van der Waals surface area contributed by atoms with Gasteiger partial charge in [0.15, 0.2) is 0 Å². The van der Waals surface area contributed by atoms with Crippen molar-refractivity contribution in [2.24, 2.45) is 5.73 Å². The van der Waals surface area contributed by atoms with Crippen LogP contribution >= 0.6 is 24.8 Å². The van der Waals surface area contributed by atoms with Crippen LogP contribution < -0.4 is 10.5 Å². The number of amides is 2. The maximum absolute atomic E-state index is 14.0. The number of likely N-dealkylation sites (N-methyl/N-ethyl adjacent to an activating group) is 1. The summed E-state index contributed by atoms with van der Waals surface area (Å²) >= 11 is 0. The molecule has 12 nitrogen and oxygen atoms in total. The van der Waals surface area contributed by atoms with Gasteiger partial charge in [0, 0.05) is 45.2 Å². The normalized spacial score (nSPS) is 18.6. The number of carboxylic acid groups (broad SMARTS) is 1. The Morgan fingerprint density at radius 2 is 1.85 bits per heavy atom. The molecule has 2 aromatic rings. The van der Waals surface area contributed by atoms with E-state index in [0.717, 1.165) is 16.7 Å². The number of rotatable bonds is 10. The number of carbonyl (C=O) groups excluding carboxylic acids is 2. The van der Waals surface area contributed by atoms with Crippen molar-refractivity contribution in [2.45, 2.75) is 55.6 Å². The molecule has 0 saturated carbocycles. The molecule has 0 bridgehead atoms. The Kier molecular flexibility index (Phi) is 13.4. The summed E-state index contributed by atoms with van der Waals surface area (Å²) < 4.78 is 30.4. The summed E-state index contributed by atoms with van der Waals surface area (Å²) in [5.41, 5.74) is 9.12. The van der Waals surface area contributed by atoms with E-state index in [1.54, 1.807) is 63.5 Å². The predicted octanol–water partition coefficient (Wildman–Crippen LogP) is 2.34. The first kappa shape index (κ1) is 38.7. The van der Waals surface area contributed by atoms with Crippen LogP contribution in [0.2, 0.25) is 0 Å². The first-order chi connectivity index (χ1) is 20.7. The zero-order valence-electron chi connectivity index (χ0n) is 26.2. The molecule has 0 saturated heterocycles. The first-order valence-electron chi connectivity index (χ1n) is 14.4. The molecule has 1 unspecified atom stereocenters. The van der Waals surface area contributed by atoms with E-state index in [-0.39, 0.29) is 73.3 Å². The molecular weight excluding hydrogens is 655 g/mol. The number of carboxylic acids is 1. The van der Waals surface area contributed by atoms with Crippen LogP contribution in [0.5, 0.6) is 0 Å². The fourth-order valence-electron chi connectivity index (χ4n) is 5.66. The van der Waals surface area contributed by atoms with E-state index in [0.29, 0.717) is 24.1 Å². The first-order valence-corrected chi connectivity index (χ1v) is 15.8. The van der Waals surface area contributed by atoms with Crippen LogP contribution in [-0.2, 0) is 37.2 Å². The Hall–Kier alpha value is -3.49. The number of aliphatic carboxylic acids is 1. The highest BCUT2D eigenvalue weighted by Crippen LogP contribution is 2.33. The van der Waals surface area contributed by atoms with Crippen molar-refractivity contribution < 1.29 is 27.9 Å². The monoisotopic (exact) mass is 696 g/mol. The van der Waals surface area contributed by atoms with Crippen molar-refractivity contribution in [3.63, 3.8) is 0 Å². The van der Waals surface area contributed by atoms with Gasteiger partial charge in [-0.2, -0.15) is 4.72 Å². The number of nitrogens with one attached hydrogen (secondary N) is 2. The fraction of sp³-hybridized carbons (Fsp3) is 0.419. The van der Waals surface area contributed by atoms with Crippen LogP contribution in [-0.4, -0.2) is 98.2 Å². The number of hydrogen-bond acceptors (Lipinski definition) is 7. The van der Waals surface area contributed by atoms with Crippen molar-refractivity contribution >= 4 is 58.5 Å². The largest absolute Gasteiger partial charge is 0.480 e. The second kappa shape index (κ2) is 15.9. The highest BCUT2D eigenvalue weighted by molar-refractivity contribution is 7.89. The van der Waals surface area contributed by atoms with Crippen LogP contribution in [0.4, 0.5) is 0 Å². The summed E-state index contributed by atoms with van der Waals surface area (Å²) in [5.74, 6) is -2.12. The number of halogens is 2. The van der Waals surface area contributed by atoms with E-state index in [1.165, 1.54) is 15.9 Å². The van der Waals surface area contributed by atoms with Gasteiger partial charge in [0.05, 0.1) is 4.90 Å². The van der Waals surface area contributed by atoms with Gasteiger partial charge >= 0.3 is 5.97 Å². The highest BCUT2D eigenvalue weighted by atomic mass is 35.5. The lowest BCUT2D eigenvalue weighted by atomic mass is 9.91. The number of sulfonamides is 1. The quantitative estimate of drug-likeness (QED) is 0.166. The lowest BCUT2D eigenvalue weighted by molar-refractivity contribution is -0.150. The van der Waals surface area contributed by atoms with Gasteiger partial charge in [-0.1, -0.05) is 35.9 Å². The number of benzene rings is 2. The van der Waals surface area contributed by atoms with E-state index in [1.807, 2.05) is 11.9 Å². The third-order valence-corrected chi connectivity index (χ3v) is 9.76. The molecule has 3 atom stereocenters. The highest BCUT2D eigenvalue weighted by Gasteiger charge is 2.38. The Balaban J connectivity index is 0.00000368. The van der Waals surface area contributed by atoms with E-state index in [4.69, 9.17) is 11.1 Å². The van der Waals surface area contributed by atoms with Crippen molar-refractivity contribution in [3.05, 3.63) is 76.4 Å². The third-order valence-electron chi connectivity index (χ3n) is 8.29. The summed E-state index contributed by atoms with van der Waals surface area (Å²) in [5, 5.41) is 17.7. The SMILES string of the molecule is CC1=CCN(C(=O)[C@H](Cc2cccc(C(=N)N)c2)NS(=O)(=O)c2ccc3c(c2)[C@H](CC(=O)N(C)C)N(C)CC3)C(C(=O)O)C1.Cl.Cl. The Bertz CT molecular complexity index is 1620. The van der Waals surface area contributed by atoms with Gasteiger partial charge in [-0.15, -0.1) is 24.8 Å². The summed E-state index contributed by atoms with van der Waals surface area (Å²) in [7, 11) is 0.948. The summed E-state index contributed by atoms with van der Waals surface area (Å²) in [4.78, 5) is 43.3. The second-order valence-electron chi connectivity index (χ2n) is 11.7. The molecule has 4 rings (SSSR count). The number of fused-ring (bicyclic) bond motifs is 1. The summed E-state index contributed by atoms with van der Waals surface area (Å²) in [6.45, 7) is 2.53. The Morgan fingerprint density at radius 1 is 1.15 bits per heavy atom. The number of hydrogen-bond donors (Lipinski definition) is 4. The minimum atomic E-state index is -4.30. The lowest BCUT2D eigenvalue weighted by Gasteiger charge is -2.35. The Labute approximate surface area is 282 Å². The molecule has 2 aliphatic heterocycles. The molecule has 0 fully saturated rings. The summed E-state index contributed by atoms with van der Waals surface area (Å²) in [6.07, 6.45) is 2.66. The van der Waals surface area contributed by atoms with Crippen LogP contribution in [0.3, 0.4) is 0 Å². The number of nitrogen functional groups attached to an aromatic ring is 1. The standard InChI is InChI=1S/C31H40N6O6S.2ClH/c1-19-10-13-37(27(14-19)31(40)41)30(39)25(16-20-6-5-7-22(15-20)29(32)33)34-44(42,43)23-9-8-21-11-12-36(4)26(24(21)17-23)18-28(38)35(2)3;;/h5-10,15,17,25-27,34H,11-14,16,18H2,1-4H3,(H3,32,33)(H,40,41);2*1H/t25-,26-,27?;;/m0../s1. The Morgan fingerprint density at radius 3 is 2.48 bits per heavy atom. The molecule has 2 heterocycles. The van der Waals surface area contributed by atoms with Gasteiger partial charge in [-0.3, -0.25) is 19.9 Å². The zero-order chi connectivity index (χ0) is 32.3. The van der Waals surface area contributed by atoms with Gasteiger partial charge in [-0.25, -0.2) is 13.2 Å². The lowest BCUT2D eigenvalue weighted by Crippen LogP contribution is -2.55. The van der Waals surface area contributed by atoms with Gasteiger partial charge in [0.2, 0.25) is 21.8 Å². The van der Waals surface area contributed by atoms with E-state index >= 15 is 0 Å². The van der Waals surface area contributed by atoms with Crippen molar-refractivity contribution in [3.8, 4) is 0 Å². The smallest absolute Gasteiger partial charge is 0.326 e. The average Bonchev–Trinajstić information content (AvgIpc) is 2.97. The van der Waals surface area contributed by atoms with E-state index in [9.17, 15) is 27.9 Å². The molecule has 0 aromatic heterocycles. The maximum Gasteiger partial charge on any atom is 0.326 e. The molecule has 2 amide bonds. The zero-order valence-corrected chi connectivity index (χ0v) is 28.7. The number of nitrogens with two attached hydrogens (primary N) is 1. The number of nitrogens with zero attached hydrogens (tertiary/aromatic N) is 3. The van der Waals surface area contributed by atoms with Crippen LogP contribution in [0.1, 0.15) is 48.1 Å². The van der Waals surface area contributed by atoms with Crippen LogP contribution in [0, 0.1) is 5.41 Å². The average molecular weight is 698 g/mol. The molecule has 2 aromatic carbocycles. The minimum Gasteiger partial charge on any atom is -0.480 e. The molecule has 5 N–H and O–H groups in total. The molecular formula is C31H42Cl2N6O6S. The van der Waals surface area contributed by atoms with Crippen molar-refractivity contribution in [1.29, 1.82) is 5.41 Å². The van der Waals surface area contributed by atoms with E-state index in [2.05, 4.69) is 4.72 Å². The molecule has 15 heteroatoms. The fourth-order valence-corrected chi connectivity index (χ4v) is 6.89. The third kappa shape index (κ3) is 8.85. The molecule has 2 aliphatic rings. The molecule has 0 spiro atoms. The van der Waals surface area contributed by atoms with Crippen molar-refractivity contribution in [1.82, 2.24) is 19.4 Å². The number of amidine groups is 1. The van der Waals surface area contributed by atoms with Gasteiger partial charge in [0.25, 0.3) is 0 Å². The van der Waals surface area contributed by atoms with E-state index < -0.39 is 34.0 Å². The minimum absolute atomic E-state index is 0. The van der Waals surface area contributed by atoms with Gasteiger partial charge < -0.3 is 20.6 Å². The summed E-state index contributed by atoms with van der Waals surface area (Å²) in [6, 6.07) is 8.57. The predicted molar refractivity (Wildman–Crippen MR) is 180 cm³/mol. The van der Waals surface area contributed by atoms with Crippen molar-refractivity contribution in [2.75, 3.05) is 34.2 Å². The topological polar surface area (TPSA) is 177 Å².